The smallest absolute Gasteiger partial charge is 0.133 e. The van der Waals surface area contributed by atoms with Crippen molar-refractivity contribution in [3.8, 4) is 0 Å². The van der Waals surface area contributed by atoms with E-state index >= 15 is 0 Å². The largest absolute Gasteiger partial charge is 0.360 e. The van der Waals surface area contributed by atoms with Gasteiger partial charge in [0.25, 0.3) is 0 Å². The second kappa shape index (κ2) is 5.38. The Morgan fingerprint density at radius 1 is 1.12 bits per heavy atom. The number of anilines is 1. The van der Waals surface area contributed by atoms with E-state index < -0.39 is 0 Å². The lowest BCUT2D eigenvalue weighted by atomic mass is 9.94. The van der Waals surface area contributed by atoms with Crippen molar-refractivity contribution in [2.45, 2.75) is 25.3 Å². The van der Waals surface area contributed by atoms with Crippen LogP contribution in [0.5, 0.6) is 0 Å². The van der Waals surface area contributed by atoms with Crippen molar-refractivity contribution in [2.24, 2.45) is 4.99 Å². The van der Waals surface area contributed by atoms with Gasteiger partial charge in [-0.3, -0.25) is 4.99 Å². The van der Waals surface area contributed by atoms with E-state index in [2.05, 4.69) is 54.1 Å². The molecule has 2 aromatic carbocycles. The summed E-state index contributed by atoms with van der Waals surface area (Å²) in [5, 5.41) is 6.70. The summed E-state index contributed by atoms with van der Waals surface area (Å²) in [6.45, 7) is 10.1. The summed E-state index contributed by atoms with van der Waals surface area (Å²) in [5.74, 6) is 0.925. The van der Waals surface area contributed by atoms with Crippen molar-refractivity contribution >= 4 is 11.5 Å². The van der Waals surface area contributed by atoms with Crippen LogP contribution in [0.15, 0.2) is 78.1 Å². The zero-order valence-corrected chi connectivity index (χ0v) is 13.9. The molecular weight excluding hydrogens is 294 g/mol. The molecule has 2 N–H and O–H groups in total. The van der Waals surface area contributed by atoms with Crippen molar-refractivity contribution in [3.05, 3.63) is 89.8 Å². The van der Waals surface area contributed by atoms with Gasteiger partial charge in [-0.15, -0.1) is 0 Å². The number of aliphatic imine (C=N–C) groups is 1. The molecule has 3 nitrogen and oxygen atoms in total. The summed E-state index contributed by atoms with van der Waals surface area (Å²) in [6, 6.07) is 16.8. The highest BCUT2D eigenvalue weighted by Gasteiger charge is 2.44. The standard InChI is InChI=1S/C21H21N3/c1-14(2)22-19-10-9-17-12-21(13-18(17)11-19)15(3)23-20(24-21)16-7-5-4-6-8-16/h4-11,22H,1,3,12-13H2,2H3,(H,23,24). The molecule has 0 aromatic heterocycles. The third-order valence-electron chi connectivity index (χ3n) is 4.73. The lowest BCUT2D eigenvalue weighted by Gasteiger charge is -2.19. The SMILES string of the molecule is C=C(C)Nc1ccc2c(c1)CC1(C2)N=C(c2ccccc2)NC1=C. The molecule has 2 aliphatic rings. The molecule has 2 aromatic rings. The quantitative estimate of drug-likeness (QED) is 0.897. The lowest BCUT2D eigenvalue weighted by Crippen LogP contribution is -2.30. The Kier molecular flexibility index (Phi) is 3.31. The van der Waals surface area contributed by atoms with Crippen LogP contribution >= 0.6 is 0 Å². The van der Waals surface area contributed by atoms with Gasteiger partial charge in [-0.2, -0.15) is 0 Å². The average molecular weight is 315 g/mol. The predicted molar refractivity (Wildman–Crippen MR) is 100 cm³/mol. The minimum Gasteiger partial charge on any atom is -0.360 e. The third-order valence-corrected chi connectivity index (χ3v) is 4.73. The van der Waals surface area contributed by atoms with Crippen LogP contribution in [-0.2, 0) is 12.8 Å². The number of amidine groups is 1. The van der Waals surface area contributed by atoms with E-state index in [0.29, 0.717) is 0 Å². The summed E-state index contributed by atoms with van der Waals surface area (Å²) >= 11 is 0. The van der Waals surface area contributed by atoms with E-state index in [4.69, 9.17) is 4.99 Å². The highest BCUT2D eigenvalue weighted by atomic mass is 15.1. The summed E-state index contributed by atoms with van der Waals surface area (Å²) in [7, 11) is 0. The van der Waals surface area contributed by atoms with Crippen LogP contribution in [0, 0.1) is 0 Å². The first-order valence-electron chi connectivity index (χ1n) is 8.22. The molecule has 3 heteroatoms. The normalized spacial score (nSPS) is 21.4. The topological polar surface area (TPSA) is 36.4 Å². The molecule has 1 spiro atoms. The molecule has 1 unspecified atom stereocenters. The van der Waals surface area contributed by atoms with Gasteiger partial charge >= 0.3 is 0 Å². The van der Waals surface area contributed by atoms with E-state index in [1.165, 1.54) is 11.1 Å². The van der Waals surface area contributed by atoms with Crippen molar-refractivity contribution in [1.29, 1.82) is 0 Å². The fourth-order valence-corrected chi connectivity index (χ4v) is 3.57. The Labute approximate surface area is 142 Å². The van der Waals surface area contributed by atoms with E-state index in [0.717, 1.165) is 41.3 Å². The molecule has 120 valence electrons. The van der Waals surface area contributed by atoms with Gasteiger partial charge < -0.3 is 10.6 Å². The first kappa shape index (κ1) is 14.8. The maximum absolute atomic E-state index is 5.04. The number of rotatable bonds is 3. The van der Waals surface area contributed by atoms with E-state index in [1.54, 1.807) is 0 Å². The minimum atomic E-state index is -0.255. The van der Waals surface area contributed by atoms with Gasteiger partial charge in [-0.1, -0.05) is 49.6 Å². The van der Waals surface area contributed by atoms with Gasteiger partial charge in [-0.05, 0) is 30.2 Å². The van der Waals surface area contributed by atoms with E-state index in [-0.39, 0.29) is 5.54 Å². The van der Waals surface area contributed by atoms with Crippen LogP contribution in [0.3, 0.4) is 0 Å². The van der Waals surface area contributed by atoms with Gasteiger partial charge in [0.05, 0.1) is 0 Å². The first-order chi connectivity index (χ1) is 11.6. The van der Waals surface area contributed by atoms with Crippen LogP contribution in [-0.4, -0.2) is 11.4 Å². The Morgan fingerprint density at radius 3 is 2.62 bits per heavy atom. The lowest BCUT2D eigenvalue weighted by molar-refractivity contribution is 0.542. The van der Waals surface area contributed by atoms with Crippen LogP contribution in [0.4, 0.5) is 5.69 Å². The maximum atomic E-state index is 5.04. The molecule has 0 saturated heterocycles. The van der Waals surface area contributed by atoms with Gasteiger partial charge in [0, 0.05) is 35.5 Å². The Balaban J connectivity index is 1.66. The number of nitrogens with zero attached hydrogens (tertiary/aromatic N) is 1. The first-order valence-corrected chi connectivity index (χ1v) is 8.22. The minimum absolute atomic E-state index is 0.255. The molecule has 0 bridgehead atoms. The summed E-state index contributed by atoms with van der Waals surface area (Å²) in [5.41, 5.74) is 6.56. The number of hydrogen-bond donors (Lipinski definition) is 2. The van der Waals surface area contributed by atoms with Crippen LogP contribution in [0.2, 0.25) is 0 Å². The predicted octanol–water partition coefficient (Wildman–Crippen LogP) is 4.03. The van der Waals surface area contributed by atoms with E-state index in [9.17, 15) is 0 Å². The zero-order valence-electron chi connectivity index (χ0n) is 13.9. The van der Waals surface area contributed by atoms with Crippen molar-refractivity contribution in [1.82, 2.24) is 5.32 Å². The highest BCUT2D eigenvalue weighted by Crippen LogP contribution is 2.40. The molecule has 1 atom stereocenters. The van der Waals surface area contributed by atoms with Crippen LogP contribution in [0.25, 0.3) is 0 Å². The Bertz CT molecular complexity index is 864. The van der Waals surface area contributed by atoms with Crippen molar-refractivity contribution < 1.29 is 0 Å². The molecular formula is C21H21N3. The van der Waals surface area contributed by atoms with Crippen LogP contribution in [0.1, 0.15) is 23.6 Å². The molecule has 24 heavy (non-hydrogen) atoms. The monoisotopic (exact) mass is 315 g/mol. The number of allylic oxidation sites excluding steroid dienone is 1. The van der Waals surface area contributed by atoms with Gasteiger partial charge in [0.2, 0.25) is 0 Å². The fraction of sp³-hybridized carbons (Fsp3) is 0.190. The van der Waals surface area contributed by atoms with Crippen LogP contribution < -0.4 is 10.6 Å². The highest BCUT2D eigenvalue weighted by molar-refractivity contribution is 6.02. The molecule has 0 radical (unpaired) electrons. The molecule has 0 fully saturated rings. The van der Waals surface area contributed by atoms with E-state index in [1.807, 2.05) is 25.1 Å². The molecule has 1 aliphatic carbocycles. The summed E-state index contributed by atoms with van der Waals surface area (Å²) in [4.78, 5) is 5.04. The average Bonchev–Trinajstić information content (AvgIpc) is 3.08. The molecule has 4 rings (SSSR count). The summed E-state index contributed by atoms with van der Waals surface area (Å²) < 4.78 is 0. The van der Waals surface area contributed by atoms with Gasteiger partial charge in [-0.25, -0.2) is 0 Å². The molecule has 0 amide bonds. The Hall–Kier alpha value is -2.81. The summed E-state index contributed by atoms with van der Waals surface area (Å²) in [6.07, 6.45) is 1.79. The molecule has 1 heterocycles. The second-order valence-corrected chi connectivity index (χ2v) is 6.70. The number of fused-ring (bicyclic) bond motifs is 1. The molecule has 1 aliphatic heterocycles. The molecule has 0 saturated carbocycles. The fourth-order valence-electron chi connectivity index (χ4n) is 3.57. The maximum Gasteiger partial charge on any atom is 0.133 e. The number of nitrogens with one attached hydrogen (secondary N) is 2. The second-order valence-electron chi connectivity index (χ2n) is 6.70. The number of benzene rings is 2. The zero-order chi connectivity index (χ0) is 16.7. The van der Waals surface area contributed by atoms with Gasteiger partial charge in [0.15, 0.2) is 0 Å². The van der Waals surface area contributed by atoms with Gasteiger partial charge in [0.1, 0.15) is 11.4 Å². The van der Waals surface area contributed by atoms with Crippen molar-refractivity contribution in [2.75, 3.05) is 5.32 Å². The van der Waals surface area contributed by atoms with Crippen molar-refractivity contribution in [3.63, 3.8) is 0 Å². The number of hydrogen-bond acceptors (Lipinski definition) is 3. The Morgan fingerprint density at radius 2 is 1.88 bits per heavy atom. The third kappa shape index (κ3) is 2.42.